The second-order valence-corrected chi connectivity index (χ2v) is 9.14. The molecule has 0 saturated heterocycles. The maximum Gasteiger partial charge on any atom is 0.255 e. The van der Waals surface area contributed by atoms with Gasteiger partial charge in [-0.05, 0) is 43.2 Å². The summed E-state index contributed by atoms with van der Waals surface area (Å²) in [6.45, 7) is 0.897. The minimum atomic E-state index is -3.42. The molecule has 0 bridgehead atoms. The molecule has 9 heteroatoms. The Morgan fingerprint density at radius 2 is 1.80 bits per heavy atom. The molecule has 2 N–H and O–H groups in total. The van der Waals surface area contributed by atoms with Crippen LogP contribution in [-0.2, 0) is 23.0 Å². The average Bonchev–Trinajstić information content (AvgIpc) is 2.95. The van der Waals surface area contributed by atoms with Gasteiger partial charge in [0.05, 0.1) is 6.26 Å². The Hall–Kier alpha value is -3.20. The molecule has 0 spiro atoms. The summed E-state index contributed by atoms with van der Waals surface area (Å²) in [6.07, 6.45) is 5.41. The van der Waals surface area contributed by atoms with Gasteiger partial charge in [0.2, 0.25) is 10.0 Å². The molecule has 2 aromatic carbocycles. The lowest BCUT2D eigenvalue weighted by atomic mass is 10.1. The minimum absolute atomic E-state index is 0.329. The van der Waals surface area contributed by atoms with Crippen LogP contribution in [0.25, 0.3) is 11.4 Å². The Kier molecular flexibility index (Phi) is 5.54. The van der Waals surface area contributed by atoms with E-state index in [-0.39, 0.29) is 5.91 Å². The molecule has 1 aliphatic rings. The van der Waals surface area contributed by atoms with Gasteiger partial charge in [0.1, 0.15) is 5.82 Å². The predicted octanol–water partition coefficient (Wildman–Crippen LogP) is 3.30. The predicted molar refractivity (Wildman–Crippen MR) is 116 cm³/mol. The van der Waals surface area contributed by atoms with Gasteiger partial charge in [0.15, 0.2) is 5.82 Å². The minimum Gasteiger partial charge on any atom is -0.322 e. The van der Waals surface area contributed by atoms with E-state index < -0.39 is 10.0 Å². The van der Waals surface area contributed by atoms with E-state index >= 15 is 0 Å². The average molecular weight is 426 g/mol. The summed E-state index contributed by atoms with van der Waals surface area (Å²) in [5.41, 5.74) is 2.21. The van der Waals surface area contributed by atoms with Gasteiger partial charge in [-0.1, -0.05) is 24.6 Å². The number of carbonyl (C=O) groups is 1. The number of nitrogens with zero attached hydrogens (tertiary/aromatic N) is 3. The molecule has 4 rings (SSSR count). The Bertz CT molecular complexity index is 1190. The number of benzene rings is 2. The van der Waals surface area contributed by atoms with Crippen molar-refractivity contribution in [1.29, 1.82) is 0 Å². The first-order valence-electron chi connectivity index (χ1n) is 9.81. The van der Waals surface area contributed by atoms with E-state index in [9.17, 15) is 13.2 Å². The fraction of sp³-hybridized carbons (Fsp3) is 0.286. The number of nitrogens with one attached hydrogen (secondary N) is 2. The molecule has 2 heterocycles. The molecule has 0 radical (unpaired) electrons. The van der Waals surface area contributed by atoms with Gasteiger partial charge >= 0.3 is 0 Å². The molecule has 1 aliphatic heterocycles. The van der Waals surface area contributed by atoms with Crippen LogP contribution in [0.4, 0.5) is 11.4 Å². The van der Waals surface area contributed by atoms with E-state index in [1.54, 1.807) is 24.3 Å². The zero-order valence-corrected chi connectivity index (χ0v) is 17.4. The fourth-order valence-corrected chi connectivity index (χ4v) is 4.13. The molecule has 1 aromatic heterocycles. The van der Waals surface area contributed by atoms with Crippen molar-refractivity contribution in [3.05, 3.63) is 59.9 Å². The number of sulfonamides is 1. The van der Waals surface area contributed by atoms with Crippen molar-refractivity contribution < 1.29 is 13.2 Å². The van der Waals surface area contributed by atoms with E-state index in [1.165, 1.54) is 12.5 Å². The summed E-state index contributed by atoms with van der Waals surface area (Å²) < 4.78 is 27.4. The Labute approximate surface area is 175 Å². The van der Waals surface area contributed by atoms with Crippen LogP contribution in [0, 0.1) is 0 Å². The Morgan fingerprint density at radius 1 is 1.00 bits per heavy atom. The van der Waals surface area contributed by atoms with Crippen molar-refractivity contribution in [3.63, 3.8) is 0 Å². The largest absolute Gasteiger partial charge is 0.322 e. The van der Waals surface area contributed by atoms with Crippen LogP contribution in [0.15, 0.2) is 48.5 Å². The number of carbonyl (C=O) groups excluding carboxylic acids is 1. The van der Waals surface area contributed by atoms with Gasteiger partial charge < -0.3 is 9.88 Å². The van der Waals surface area contributed by atoms with Crippen LogP contribution in [0.3, 0.4) is 0 Å². The molecule has 1 amide bonds. The number of amides is 1. The Morgan fingerprint density at radius 3 is 2.63 bits per heavy atom. The number of hydrogen-bond donors (Lipinski definition) is 2. The summed E-state index contributed by atoms with van der Waals surface area (Å²) >= 11 is 0. The van der Waals surface area contributed by atoms with Crippen molar-refractivity contribution in [2.24, 2.45) is 0 Å². The van der Waals surface area contributed by atoms with E-state index in [1.807, 2.05) is 18.2 Å². The highest BCUT2D eigenvalue weighted by Gasteiger charge is 2.16. The number of anilines is 2. The maximum absolute atomic E-state index is 12.7. The summed E-state index contributed by atoms with van der Waals surface area (Å²) in [5, 5.41) is 11.6. The topological polar surface area (TPSA) is 106 Å². The fourth-order valence-electron chi connectivity index (χ4n) is 3.58. The lowest BCUT2D eigenvalue weighted by Crippen LogP contribution is -2.14. The second kappa shape index (κ2) is 8.27. The van der Waals surface area contributed by atoms with Crippen molar-refractivity contribution in [2.75, 3.05) is 16.3 Å². The van der Waals surface area contributed by atoms with Crippen LogP contribution >= 0.6 is 0 Å². The maximum atomic E-state index is 12.7. The number of hydrogen-bond acceptors (Lipinski definition) is 5. The normalized spacial score (nSPS) is 13.9. The van der Waals surface area contributed by atoms with Crippen molar-refractivity contribution in [2.45, 2.75) is 32.2 Å². The van der Waals surface area contributed by atoms with Crippen LogP contribution in [-0.4, -0.2) is 35.3 Å². The lowest BCUT2D eigenvalue weighted by Gasteiger charge is -2.10. The quantitative estimate of drug-likeness (QED) is 0.652. The first kappa shape index (κ1) is 20.1. The monoisotopic (exact) mass is 425 g/mol. The summed E-state index contributed by atoms with van der Waals surface area (Å²) in [6, 6.07) is 13.8. The van der Waals surface area contributed by atoms with E-state index in [4.69, 9.17) is 0 Å². The molecule has 8 nitrogen and oxygen atoms in total. The van der Waals surface area contributed by atoms with Gasteiger partial charge in [0, 0.05) is 35.5 Å². The molecule has 156 valence electrons. The van der Waals surface area contributed by atoms with E-state index in [0.29, 0.717) is 16.9 Å². The van der Waals surface area contributed by atoms with Crippen LogP contribution in [0.2, 0.25) is 0 Å². The molecule has 0 unspecified atom stereocenters. The first-order chi connectivity index (χ1) is 14.4. The van der Waals surface area contributed by atoms with Crippen LogP contribution < -0.4 is 10.0 Å². The van der Waals surface area contributed by atoms with Gasteiger partial charge in [-0.2, -0.15) is 0 Å². The molecule has 3 aromatic rings. The van der Waals surface area contributed by atoms with Crippen LogP contribution in [0.5, 0.6) is 0 Å². The summed E-state index contributed by atoms with van der Waals surface area (Å²) in [7, 11) is -3.42. The lowest BCUT2D eigenvalue weighted by molar-refractivity contribution is 0.102. The van der Waals surface area contributed by atoms with Crippen molar-refractivity contribution >= 4 is 27.3 Å². The van der Waals surface area contributed by atoms with Gasteiger partial charge in [-0.3, -0.25) is 9.52 Å². The number of rotatable bonds is 5. The van der Waals surface area contributed by atoms with Gasteiger partial charge in [-0.15, -0.1) is 10.2 Å². The number of fused-ring (bicyclic) bond motifs is 1. The van der Waals surface area contributed by atoms with Crippen LogP contribution in [0.1, 0.15) is 35.4 Å². The standard InChI is InChI=1S/C21H23N5O3S/c1-30(28,29)25-18-10-6-8-16(14-18)21(27)22-17-9-5-7-15(13-17)20-24-23-19-11-3-2-4-12-26(19)20/h5-10,13-14,25H,2-4,11-12H2,1H3,(H,22,27). The highest BCUT2D eigenvalue weighted by Crippen LogP contribution is 2.25. The molecule has 0 saturated carbocycles. The van der Waals surface area contributed by atoms with Gasteiger partial charge in [-0.25, -0.2) is 8.42 Å². The third-order valence-electron chi connectivity index (χ3n) is 4.92. The number of aryl methyl sites for hydroxylation is 1. The Balaban J connectivity index is 1.55. The molecular formula is C21H23N5O3S. The SMILES string of the molecule is CS(=O)(=O)Nc1cccc(C(=O)Nc2cccc(-c3nnc4n3CCCCC4)c2)c1. The highest BCUT2D eigenvalue weighted by molar-refractivity contribution is 7.92. The summed E-state index contributed by atoms with van der Waals surface area (Å²) in [5.74, 6) is 1.49. The smallest absolute Gasteiger partial charge is 0.255 e. The molecule has 0 atom stereocenters. The zero-order valence-electron chi connectivity index (χ0n) is 16.6. The third-order valence-corrected chi connectivity index (χ3v) is 5.52. The molecule has 0 aliphatic carbocycles. The molecular weight excluding hydrogens is 402 g/mol. The third kappa shape index (κ3) is 4.68. The highest BCUT2D eigenvalue weighted by atomic mass is 32.2. The number of aromatic nitrogens is 3. The van der Waals surface area contributed by atoms with Crippen molar-refractivity contribution in [3.8, 4) is 11.4 Å². The van der Waals surface area contributed by atoms with Crippen molar-refractivity contribution in [1.82, 2.24) is 14.8 Å². The molecule has 0 fully saturated rings. The van der Waals surface area contributed by atoms with Gasteiger partial charge in [0.25, 0.3) is 5.91 Å². The van der Waals surface area contributed by atoms with E-state index in [2.05, 4.69) is 24.8 Å². The second-order valence-electron chi connectivity index (χ2n) is 7.39. The first-order valence-corrected chi connectivity index (χ1v) is 11.7. The molecule has 30 heavy (non-hydrogen) atoms. The summed E-state index contributed by atoms with van der Waals surface area (Å²) in [4.78, 5) is 12.7. The zero-order chi connectivity index (χ0) is 21.1. The van der Waals surface area contributed by atoms with E-state index in [0.717, 1.165) is 49.3 Å².